The summed E-state index contributed by atoms with van der Waals surface area (Å²) in [5.74, 6) is -2.65. The first-order valence-electron chi connectivity index (χ1n) is 9.16. The maximum Gasteiger partial charge on any atom is 0.330 e. The summed E-state index contributed by atoms with van der Waals surface area (Å²) >= 11 is 0. The molecule has 7 nitrogen and oxygen atoms in total. The summed E-state index contributed by atoms with van der Waals surface area (Å²) in [6.07, 6.45) is -0.238. The Hall–Kier alpha value is -2.97. The van der Waals surface area contributed by atoms with Crippen LogP contribution in [0.4, 0.5) is 14.6 Å². The summed E-state index contributed by atoms with van der Waals surface area (Å²) in [6, 6.07) is 3.16. The average Bonchev–Trinajstić information content (AvgIpc) is 2.54. The van der Waals surface area contributed by atoms with E-state index in [2.05, 4.69) is 10.3 Å². The molecule has 0 bridgehead atoms. The topological polar surface area (TPSA) is 93.2 Å². The number of carbonyl (C=O) groups is 1. The molecule has 2 N–H and O–H groups in total. The first-order chi connectivity index (χ1) is 13.4. The second-order valence-corrected chi connectivity index (χ2v) is 7.95. The van der Waals surface area contributed by atoms with E-state index in [1.165, 1.54) is 12.1 Å². The number of nitrogens with zero attached hydrogens (tertiary/aromatic N) is 1. The average molecular weight is 409 g/mol. The van der Waals surface area contributed by atoms with Crippen molar-refractivity contribution in [2.24, 2.45) is 0 Å². The van der Waals surface area contributed by atoms with Gasteiger partial charge in [-0.1, -0.05) is 6.07 Å². The molecule has 1 heterocycles. The van der Waals surface area contributed by atoms with Gasteiger partial charge in [0.15, 0.2) is 11.6 Å². The minimum Gasteiger partial charge on any atom is -0.460 e. The highest BCUT2D eigenvalue weighted by Crippen LogP contribution is 2.24. The molecule has 29 heavy (non-hydrogen) atoms. The molecule has 0 unspecified atom stereocenters. The number of esters is 1. The summed E-state index contributed by atoms with van der Waals surface area (Å²) < 4.78 is 33.4. The van der Waals surface area contributed by atoms with E-state index in [-0.39, 0.29) is 23.8 Å². The van der Waals surface area contributed by atoms with Crippen LogP contribution >= 0.6 is 0 Å². The maximum absolute atomic E-state index is 13.7. The quantitative estimate of drug-likeness (QED) is 0.715. The Balaban J connectivity index is 2.40. The van der Waals surface area contributed by atoms with E-state index < -0.39 is 40.5 Å². The van der Waals surface area contributed by atoms with Crippen LogP contribution in [0.1, 0.15) is 58.7 Å². The minimum atomic E-state index is -1.08. The van der Waals surface area contributed by atoms with Crippen molar-refractivity contribution >= 4 is 11.8 Å². The lowest BCUT2D eigenvalue weighted by atomic mass is 10.0. The van der Waals surface area contributed by atoms with Gasteiger partial charge in [-0.25, -0.2) is 13.6 Å². The molecule has 0 radical (unpaired) electrons. The van der Waals surface area contributed by atoms with Gasteiger partial charge in [0, 0.05) is 12.1 Å². The third kappa shape index (κ3) is 6.00. The molecule has 0 fully saturated rings. The Morgan fingerprint density at radius 2 is 1.83 bits per heavy atom. The molecule has 1 aromatic heterocycles. The van der Waals surface area contributed by atoms with Crippen molar-refractivity contribution in [3.8, 4) is 0 Å². The fourth-order valence-corrected chi connectivity index (χ4v) is 2.79. The van der Waals surface area contributed by atoms with Crippen LogP contribution in [0.3, 0.4) is 0 Å². The second-order valence-electron chi connectivity index (χ2n) is 7.95. The minimum absolute atomic E-state index is 0.0511. The molecule has 1 atom stereocenters. The molecular weight excluding hydrogens is 384 g/mol. The lowest BCUT2D eigenvalue weighted by molar-refractivity contribution is -0.155. The fourth-order valence-electron chi connectivity index (χ4n) is 2.79. The van der Waals surface area contributed by atoms with E-state index >= 15 is 0 Å². The van der Waals surface area contributed by atoms with Gasteiger partial charge >= 0.3 is 11.7 Å². The number of aromatic nitrogens is 2. The van der Waals surface area contributed by atoms with Crippen molar-refractivity contribution in [2.45, 2.75) is 58.7 Å². The third-order valence-corrected chi connectivity index (χ3v) is 3.95. The molecule has 0 aliphatic carbocycles. The maximum atomic E-state index is 13.7. The number of nitrogens with one attached hydrogen (secondary N) is 2. The number of rotatable bonds is 6. The van der Waals surface area contributed by atoms with E-state index in [1.54, 1.807) is 34.6 Å². The number of hydrogen-bond acceptors (Lipinski definition) is 5. The third-order valence-electron chi connectivity index (χ3n) is 3.95. The number of hydrogen-bond donors (Lipinski definition) is 2. The summed E-state index contributed by atoms with van der Waals surface area (Å²) in [6.45, 7) is 8.49. The molecule has 0 saturated heterocycles. The number of aromatic amines is 1. The lowest BCUT2D eigenvalue weighted by Crippen LogP contribution is -2.36. The fraction of sp³-hybridized carbons (Fsp3) is 0.450. The molecule has 0 spiro atoms. The van der Waals surface area contributed by atoms with E-state index in [0.29, 0.717) is 0 Å². The van der Waals surface area contributed by atoms with Crippen molar-refractivity contribution in [1.82, 2.24) is 9.55 Å². The Morgan fingerprint density at radius 1 is 1.17 bits per heavy atom. The van der Waals surface area contributed by atoms with Gasteiger partial charge < -0.3 is 10.1 Å². The standard InChI is InChI=1S/C20H25F2N3O4/c1-11(2)25-17(26)10-16(24-19(25)28)23-15(9-18(27)29-20(3,4)5)12-6-7-13(21)14(22)8-12/h6-8,10-11,15,23H,9H2,1-5H3,(H,24,28)/t15-/m1/s1. The highest BCUT2D eigenvalue weighted by Gasteiger charge is 2.23. The van der Waals surface area contributed by atoms with Crippen LogP contribution in [-0.2, 0) is 9.53 Å². The number of carbonyl (C=O) groups excluding carboxylic acids is 1. The van der Waals surface area contributed by atoms with Crippen molar-refractivity contribution in [2.75, 3.05) is 5.32 Å². The zero-order valence-electron chi connectivity index (χ0n) is 17.0. The Labute approximate surface area is 166 Å². The molecular formula is C20H25F2N3O4. The van der Waals surface area contributed by atoms with Crippen LogP contribution in [0.2, 0.25) is 0 Å². The van der Waals surface area contributed by atoms with Gasteiger partial charge in [-0.2, -0.15) is 0 Å². The van der Waals surface area contributed by atoms with Crippen LogP contribution < -0.4 is 16.6 Å². The normalized spacial score (nSPS) is 12.7. The molecule has 0 aliphatic heterocycles. The van der Waals surface area contributed by atoms with E-state index in [4.69, 9.17) is 4.74 Å². The summed E-state index contributed by atoms with van der Waals surface area (Å²) in [4.78, 5) is 39.2. The SMILES string of the molecule is CC(C)n1c(=O)cc(N[C@H](CC(=O)OC(C)(C)C)c2ccc(F)c(F)c2)[nH]c1=O. The van der Waals surface area contributed by atoms with Crippen molar-refractivity contribution < 1.29 is 18.3 Å². The van der Waals surface area contributed by atoms with Gasteiger partial charge in [-0.05, 0) is 52.3 Å². The smallest absolute Gasteiger partial charge is 0.330 e. The predicted octanol–water partition coefficient (Wildman–Crippen LogP) is 3.28. The summed E-state index contributed by atoms with van der Waals surface area (Å²) in [5, 5.41) is 2.85. The van der Waals surface area contributed by atoms with Crippen LogP contribution in [0.25, 0.3) is 0 Å². The molecule has 0 amide bonds. The number of ether oxygens (including phenoxy) is 1. The highest BCUT2D eigenvalue weighted by molar-refractivity contribution is 5.71. The summed E-state index contributed by atoms with van der Waals surface area (Å²) in [5.41, 5.74) is -1.64. The Kier molecular flexibility index (Phi) is 6.61. The number of H-pyrrole nitrogens is 1. The number of anilines is 1. The molecule has 9 heteroatoms. The van der Waals surface area contributed by atoms with E-state index in [1.807, 2.05) is 0 Å². The van der Waals surface area contributed by atoms with Crippen molar-refractivity contribution in [3.63, 3.8) is 0 Å². The van der Waals surface area contributed by atoms with Crippen molar-refractivity contribution in [3.05, 3.63) is 62.3 Å². The molecule has 2 rings (SSSR count). The van der Waals surface area contributed by atoms with Gasteiger partial charge in [0.2, 0.25) is 0 Å². The van der Waals surface area contributed by atoms with Gasteiger partial charge in [0.05, 0.1) is 12.5 Å². The summed E-state index contributed by atoms with van der Waals surface area (Å²) in [7, 11) is 0. The van der Waals surface area contributed by atoms with Gasteiger partial charge in [-0.15, -0.1) is 0 Å². The molecule has 1 aromatic carbocycles. The zero-order chi connectivity index (χ0) is 21.9. The lowest BCUT2D eigenvalue weighted by Gasteiger charge is -2.24. The van der Waals surface area contributed by atoms with Crippen LogP contribution in [0.5, 0.6) is 0 Å². The molecule has 0 saturated carbocycles. The van der Waals surface area contributed by atoms with E-state index in [0.717, 1.165) is 16.7 Å². The molecule has 0 aliphatic rings. The Morgan fingerprint density at radius 3 is 2.34 bits per heavy atom. The first kappa shape index (κ1) is 22.3. The Bertz CT molecular complexity index is 975. The number of halogens is 2. The number of benzene rings is 1. The highest BCUT2D eigenvalue weighted by atomic mass is 19.2. The first-order valence-corrected chi connectivity index (χ1v) is 9.16. The van der Waals surface area contributed by atoms with Crippen LogP contribution in [0, 0.1) is 11.6 Å². The van der Waals surface area contributed by atoms with Gasteiger partial charge in [0.1, 0.15) is 11.4 Å². The van der Waals surface area contributed by atoms with Crippen molar-refractivity contribution in [1.29, 1.82) is 0 Å². The molecule has 158 valence electrons. The molecule has 2 aromatic rings. The zero-order valence-corrected chi connectivity index (χ0v) is 17.0. The largest absolute Gasteiger partial charge is 0.460 e. The van der Waals surface area contributed by atoms with Crippen LogP contribution in [0.15, 0.2) is 33.9 Å². The van der Waals surface area contributed by atoms with Gasteiger partial charge in [-0.3, -0.25) is 19.1 Å². The predicted molar refractivity (Wildman–Crippen MR) is 105 cm³/mol. The van der Waals surface area contributed by atoms with E-state index in [9.17, 15) is 23.2 Å². The second kappa shape index (κ2) is 8.59. The monoisotopic (exact) mass is 409 g/mol. The van der Waals surface area contributed by atoms with Crippen LogP contribution in [-0.4, -0.2) is 21.1 Å². The van der Waals surface area contributed by atoms with Gasteiger partial charge in [0.25, 0.3) is 5.56 Å².